The maximum absolute atomic E-state index is 4.52. The second-order valence-corrected chi connectivity index (χ2v) is 4.47. The summed E-state index contributed by atoms with van der Waals surface area (Å²) in [5.74, 6) is 0. The summed E-state index contributed by atoms with van der Waals surface area (Å²) in [6.07, 6.45) is 4.68. The molecule has 3 nitrogen and oxygen atoms in total. The van der Waals surface area contributed by atoms with Gasteiger partial charge in [0.2, 0.25) is 0 Å². The molecule has 0 radical (unpaired) electrons. The molecule has 1 aliphatic rings. The molecule has 1 aliphatic carbocycles. The van der Waals surface area contributed by atoms with Crippen LogP contribution in [0.15, 0.2) is 18.3 Å². The minimum absolute atomic E-state index is 0.324. The summed E-state index contributed by atoms with van der Waals surface area (Å²) in [5.41, 5.74) is 2.37. The van der Waals surface area contributed by atoms with Crippen molar-refractivity contribution in [2.24, 2.45) is 0 Å². The van der Waals surface area contributed by atoms with Crippen LogP contribution in [-0.4, -0.2) is 24.6 Å². The van der Waals surface area contributed by atoms with Crippen LogP contribution in [-0.2, 0) is 0 Å². The Morgan fingerprint density at radius 3 is 2.69 bits per heavy atom. The molecule has 0 aromatic carbocycles. The Bertz CT molecular complexity index is 330. The fourth-order valence-electron chi connectivity index (χ4n) is 2.01. The summed E-state index contributed by atoms with van der Waals surface area (Å²) >= 11 is 0. The number of nitrogens with one attached hydrogen (secondary N) is 1. The van der Waals surface area contributed by atoms with Crippen molar-refractivity contribution in [1.82, 2.24) is 10.3 Å². The molecule has 1 unspecified atom stereocenters. The SMILES string of the molecule is CCN(c1ccc(C(C)NC)nc1)C1CC1. The van der Waals surface area contributed by atoms with Gasteiger partial charge in [0.1, 0.15) is 0 Å². The average Bonchev–Trinajstić information content (AvgIpc) is 3.14. The van der Waals surface area contributed by atoms with Crippen molar-refractivity contribution in [3.8, 4) is 0 Å². The van der Waals surface area contributed by atoms with Gasteiger partial charge in [-0.1, -0.05) is 0 Å². The van der Waals surface area contributed by atoms with Crippen LogP contribution in [0.3, 0.4) is 0 Å². The van der Waals surface area contributed by atoms with E-state index in [1.54, 1.807) is 0 Å². The van der Waals surface area contributed by atoms with Crippen molar-refractivity contribution in [3.05, 3.63) is 24.0 Å². The quantitative estimate of drug-likeness (QED) is 0.824. The number of aromatic nitrogens is 1. The van der Waals surface area contributed by atoms with Crippen LogP contribution in [0, 0.1) is 0 Å². The number of hydrogen-bond acceptors (Lipinski definition) is 3. The lowest BCUT2D eigenvalue weighted by atomic mass is 10.2. The Morgan fingerprint density at radius 2 is 2.25 bits per heavy atom. The number of rotatable bonds is 5. The van der Waals surface area contributed by atoms with Crippen LogP contribution >= 0.6 is 0 Å². The maximum Gasteiger partial charge on any atom is 0.0571 e. The van der Waals surface area contributed by atoms with Crippen molar-refractivity contribution in [3.63, 3.8) is 0 Å². The molecule has 0 amide bonds. The van der Waals surface area contributed by atoms with Crippen molar-refractivity contribution >= 4 is 5.69 Å². The predicted molar refractivity (Wildman–Crippen MR) is 67.8 cm³/mol. The van der Waals surface area contributed by atoms with Crippen LogP contribution in [0.25, 0.3) is 0 Å². The summed E-state index contributed by atoms with van der Waals surface area (Å²) in [5, 5.41) is 3.20. The van der Waals surface area contributed by atoms with Crippen LogP contribution < -0.4 is 10.2 Å². The molecule has 0 saturated heterocycles. The Balaban J connectivity index is 2.11. The first kappa shape index (κ1) is 11.4. The number of anilines is 1. The molecule has 3 heteroatoms. The van der Waals surface area contributed by atoms with Crippen molar-refractivity contribution in [2.75, 3.05) is 18.5 Å². The van der Waals surface area contributed by atoms with Gasteiger partial charge in [-0.05, 0) is 45.9 Å². The zero-order valence-electron chi connectivity index (χ0n) is 10.4. The molecule has 16 heavy (non-hydrogen) atoms. The lowest BCUT2D eigenvalue weighted by molar-refractivity contribution is 0.632. The molecule has 1 aromatic heterocycles. The second kappa shape index (κ2) is 4.83. The fourth-order valence-corrected chi connectivity index (χ4v) is 2.01. The van der Waals surface area contributed by atoms with Crippen LogP contribution in [0.5, 0.6) is 0 Å². The van der Waals surface area contributed by atoms with E-state index in [0.717, 1.165) is 18.3 Å². The molecule has 88 valence electrons. The van der Waals surface area contributed by atoms with Gasteiger partial charge < -0.3 is 10.2 Å². The largest absolute Gasteiger partial charge is 0.368 e. The lowest BCUT2D eigenvalue weighted by Gasteiger charge is -2.22. The van der Waals surface area contributed by atoms with E-state index in [9.17, 15) is 0 Å². The van der Waals surface area contributed by atoms with E-state index in [0.29, 0.717) is 6.04 Å². The van der Waals surface area contributed by atoms with Gasteiger partial charge in [0.15, 0.2) is 0 Å². The van der Waals surface area contributed by atoms with Gasteiger partial charge in [-0.3, -0.25) is 4.98 Å². The summed E-state index contributed by atoms with van der Waals surface area (Å²) in [6, 6.07) is 5.41. The zero-order chi connectivity index (χ0) is 11.5. The van der Waals surface area contributed by atoms with Crippen molar-refractivity contribution < 1.29 is 0 Å². The minimum atomic E-state index is 0.324. The normalized spacial score (nSPS) is 17.2. The van der Waals surface area contributed by atoms with E-state index < -0.39 is 0 Å². The molecular weight excluding hydrogens is 198 g/mol. The van der Waals surface area contributed by atoms with Gasteiger partial charge in [0.25, 0.3) is 0 Å². The van der Waals surface area contributed by atoms with Crippen molar-refractivity contribution in [2.45, 2.75) is 38.8 Å². The zero-order valence-corrected chi connectivity index (χ0v) is 10.4. The third kappa shape index (κ3) is 2.35. The van der Waals surface area contributed by atoms with E-state index in [2.05, 4.69) is 41.2 Å². The van der Waals surface area contributed by atoms with E-state index >= 15 is 0 Å². The molecule has 2 rings (SSSR count). The Morgan fingerprint density at radius 1 is 1.50 bits per heavy atom. The molecule has 0 bridgehead atoms. The van der Waals surface area contributed by atoms with E-state index in [1.807, 2.05) is 13.2 Å². The van der Waals surface area contributed by atoms with Crippen LogP contribution in [0.1, 0.15) is 38.4 Å². The Labute approximate surface area is 97.9 Å². The van der Waals surface area contributed by atoms with Gasteiger partial charge in [-0.2, -0.15) is 0 Å². The van der Waals surface area contributed by atoms with Gasteiger partial charge in [0, 0.05) is 18.6 Å². The average molecular weight is 219 g/mol. The first-order valence-electron chi connectivity index (χ1n) is 6.16. The third-order valence-corrected chi connectivity index (χ3v) is 3.31. The number of pyridine rings is 1. The molecular formula is C13H21N3. The monoisotopic (exact) mass is 219 g/mol. The molecule has 1 heterocycles. The molecule has 1 N–H and O–H groups in total. The summed E-state index contributed by atoms with van der Waals surface area (Å²) in [4.78, 5) is 6.97. The van der Waals surface area contributed by atoms with Gasteiger partial charge in [-0.15, -0.1) is 0 Å². The summed E-state index contributed by atoms with van der Waals surface area (Å²) < 4.78 is 0. The molecule has 1 saturated carbocycles. The first-order valence-corrected chi connectivity index (χ1v) is 6.16. The highest BCUT2D eigenvalue weighted by molar-refractivity contribution is 5.47. The topological polar surface area (TPSA) is 28.2 Å². The molecule has 1 aromatic rings. The Kier molecular flexibility index (Phi) is 3.44. The first-order chi connectivity index (χ1) is 7.76. The smallest absolute Gasteiger partial charge is 0.0571 e. The molecule has 0 spiro atoms. The summed E-state index contributed by atoms with van der Waals surface area (Å²) in [7, 11) is 1.96. The highest BCUT2D eigenvalue weighted by Gasteiger charge is 2.28. The van der Waals surface area contributed by atoms with Gasteiger partial charge in [0.05, 0.1) is 17.6 Å². The van der Waals surface area contributed by atoms with E-state index in [4.69, 9.17) is 0 Å². The predicted octanol–water partition coefficient (Wildman–Crippen LogP) is 2.35. The molecule has 1 fully saturated rings. The summed E-state index contributed by atoms with van der Waals surface area (Å²) in [6.45, 7) is 5.41. The van der Waals surface area contributed by atoms with Crippen LogP contribution in [0.2, 0.25) is 0 Å². The highest BCUT2D eigenvalue weighted by atomic mass is 15.2. The highest BCUT2D eigenvalue weighted by Crippen LogP contribution is 2.31. The van der Waals surface area contributed by atoms with Gasteiger partial charge in [-0.25, -0.2) is 0 Å². The number of hydrogen-bond donors (Lipinski definition) is 1. The minimum Gasteiger partial charge on any atom is -0.368 e. The molecule has 0 aliphatic heterocycles. The number of nitrogens with zero attached hydrogens (tertiary/aromatic N) is 2. The van der Waals surface area contributed by atoms with Crippen molar-refractivity contribution in [1.29, 1.82) is 0 Å². The third-order valence-electron chi connectivity index (χ3n) is 3.31. The Hall–Kier alpha value is -1.09. The molecule has 1 atom stereocenters. The maximum atomic E-state index is 4.52. The second-order valence-electron chi connectivity index (χ2n) is 4.47. The fraction of sp³-hybridized carbons (Fsp3) is 0.615. The van der Waals surface area contributed by atoms with E-state index in [1.165, 1.54) is 18.5 Å². The van der Waals surface area contributed by atoms with Gasteiger partial charge >= 0.3 is 0 Å². The lowest BCUT2D eigenvalue weighted by Crippen LogP contribution is -2.25. The van der Waals surface area contributed by atoms with E-state index in [-0.39, 0.29) is 0 Å². The standard InChI is InChI=1S/C13H21N3/c1-4-16(11-5-6-11)12-7-8-13(15-9-12)10(2)14-3/h7-11,14H,4-6H2,1-3H3. The van der Waals surface area contributed by atoms with Crippen LogP contribution in [0.4, 0.5) is 5.69 Å².